The number of nitrogens with one attached hydrogen (secondary N) is 1. The van der Waals surface area contributed by atoms with Gasteiger partial charge in [-0.3, -0.25) is 9.48 Å². The van der Waals surface area contributed by atoms with E-state index < -0.39 is 6.10 Å². The van der Waals surface area contributed by atoms with Crippen molar-refractivity contribution in [2.24, 2.45) is 16.7 Å². The minimum absolute atomic E-state index is 0.0124. The first-order valence-corrected chi connectivity index (χ1v) is 11.6. The number of anilines is 3. The Balaban J connectivity index is 1.31. The summed E-state index contributed by atoms with van der Waals surface area (Å²) in [5, 5.41) is 17.5. The Morgan fingerprint density at radius 3 is 2.56 bits per heavy atom. The molecule has 2 N–H and O–H groups in total. The third-order valence-electron chi connectivity index (χ3n) is 7.22. The highest BCUT2D eigenvalue weighted by atomic mass is 35.5. The van der Waals surface area contributed by atoms with E-state index in [-0.39, 0.29) is 16.7 Å². The lowest BCUT2D eigenvalue weighted by Crippen LogP contribution is -2.36. The molecule has 2 saturated heterocycles. The van der Waals surface area contributed by atoms with Crippen LogP contribution >= 0.6 is 11.6 Å². The van der Waals surface area contributed by atoms with Gasteiger partial charge >= 0.3 is 0 Å². The smallest absolute Gasteiger partial charge is 0.229 e. The van der Waals surface area contributed by atoms with E-state index in [1.54, 1.807) is 30.2 Å². The fraction of sp³-hybridized carbons (Fsp3) is 0.636. The molecular weight excluding hydrogens is 430 g/mol. The average Bonchev–Trinajstić information content (AvgIpc) is 3.35. The maximum Gasteiger partial charge on any atom is 0.229 e. The average molecular weight is 460 g/mol. The van der Waals surface area contributed by atoms with Crippen molar-refractivity contribution in [2.75, 3.05) is 36.4 Å². The zero-order valence-electron chi connectivity index (χ0n) is 18.8. The zero-order chi connectivity index (χ0) is 22.7. The van der Waals surface area contributed by atoms with E-state index in [1.165, 1.54) is 0 Å². The number of aliphatic hydroxyl groups is 1. The second-order valence-electron chi connectivity index (χ2n) is 10.2. The first-order chi connectivity index (χ1) is 15.2. The monoisotopic (exact) mass is 459 g/mol. The number of hydrogen-bond acceptors (Lipinski definition) is 7. The van der Waals surface area contributed by atoms with Crippen LogP contribution in [0.15, 0.2) is 18.6 Å². The molecule has 0 aromatic carbocycles. The van der Waals surface area contributed by atoms with Crippen molar-refractivity contribution in [1.29, 1.82) is 0 Å². The molecule has 2 aromatic heterocycles. The van der Waals surface area contributed by atoms with Gasteiger partial charge in [0.15, 0.2) is 5.82 Å². The molecule has 2 aromatic rings. The lowest BCUT2D eigenvalue weighted by Gasteiger charge is -2.29. The van der Waals surface area contributed by atoms with Crippen LogP contribution in [0.4, 0.5) is 17.5 Å². The number of nitrogens with zero attached hydrogens (tertiary/aromatic N) is 6. The molecule has 3 aliphatic rings. The number of rotatable bonds is 6. The molecule has 3 atom stereocenters. The molecule has 1 aliphatic carbocycles. The van der Waals surface area contributed by atoms with E-state index in [9.17, 15) is 9.90 Å². The quantitative estimate of drug-likeness (QED) is 0.684. The fourth-order valence-corrected chi connectivity index (χ4v) is 5.33. The summed E-state index contributed by atoms with van der Waals surface area (Å²) in [6.45, 7) is 9.84. The van der Waals surface area contributed by atoms with Gasteiger partial charge in [-0.25, -0.2) is 4.98 Å². The standard InChI is InChI=1S/C22H30ClN7O2/c1-14(31)8-30-9-16(6-25-30)26-20-24-7-17(23)18(27-20)28-10-21(2)12-29(13-22(21,3)11-28)19(32)15-4-5-15/h6-7,9,14-15,31H,4-5,8,10-13H2,1-3H3,(H,24,26,27)/t14-,21-,22+/m0/s1. The topological polar surface area (TPSA) is 99.4 Å². The van der Waals surface area contributed by atoms with Gasteiger partial charge in [0.1, 0.15) is 5.02 Å². The minimum Gasteiger partial charge on any atom is -0.391 e. The van der Waals surface area contributed by atoms with Gasteiger partial charge in [0.2, 0.25) is 11.9 Å². The van der Waals surface area contributed by atoms with Crippen LogP contribution in [0.3, 0.4) is 0 Å². The molecule has 32 heavy (non-hydrogen) atoms. The second-order valence-corrected chi connectivity index (χ2v) is 10.6. The predicted molar refractivity (Wildman–Crippen MR) is 122 cm³/mol. The summed E-state index contributed by atoms with van der Waals surface area (Å²) in [5.41, 5.74) is 0.716. The molecule has 0 bridgehead atoms. The molecule has 9 nitrogen and oxygen atoms in total. The summed E-state index contributed by atoms with van der Waals surface area (Å²) in [5.74, 6) is 1.74. The number of hydrogen-bond donors (Lipinski definition) is 2. The molecule has 0 spiro atoms. The van der Waals surface area contributed by atoms with Crippen molar-refractivity contribution in [3.8, 4) is 0 Å². The Labute approximate surface area is 192 Å². The van der Waals surface area contributed by atoms with Crippen molar-refractivity contribution in [3.05, 3.63) is 23.6 Å². The minimum atomic E-state index is -0.478. The van der Waals surface area contributed by atoms with Crippen LogP contribution in [0.1, 0.15) is 33.6 Å². The largest absolute Gasteiger partial charge is 0.391 e. The van der Waals surface area contributed by atoms with Crippen molar-refractivity contribution in [3.63, 3.8) is 0 Å². The molecular formula is C22H30ClN7O2. The predicted octanol–water partition coefficient (Wildman–Crippen LogP) is 2.54. The van der Waals surface area contributed by atoms with E-state index in [1.807, 2.05) is 0 Å². The number of amides is 1. The highest BCUT2D eigenvalue weighted by Gasteiger charge is 2.59. The SMILES string of the molecule is C[C@H](O)Cn1cc(Nc2ncc(Cl)c(N3C[C@]4(C)CN(C(=O)C5CC5)C[C@]4(C)C3)n2)cn1. The van der Waals surface area contributed by atoms with Crippen molar-refractivity contribution in [2.45, 2.75) is 46.3 Å². The van der Waals surface area contributed by atoms with E-state index in [2.05, 4.69) is 39.0 Å². The summed E-state index contributed by atoms with van der Waals surface area (Å²) >= 11 is 6.51. The second kappa shape index (κ2) is 7.59. The van der Waals surface area contributed by atoms with Gasteiger partial charge in [-0.2, -0.15) is 10.1 Å². The van der Waals surface area contributed by atoms with Crippen LogP contribution in [-0.4, -0.2) is 67.9 Å². The van der Waals surface area contributed by atoms with E-state index >= 15 is 0 Å². The maximum absolute atomic E-state index is 12.6. The molecule has 172 valence electrons. The number of carbonyl (C=O) groups excluding carboxylic acids is 1. The molecule has 5 rings (SSSR count). The molecule has 4 heterocycles. The molecule has 1 saturated carbocycles. The number of aliphatic hydroxyl groups excluding tert-OH is 1. The number of fused-ring (bicyclic) bond motifs is 1. The Bertz CT molecular complexity index is 1020. The lowest BCUT2D eigenvalue weighted by atomic mass is 9.71. The summed E-state index contributed by atoms with van der Waals surface area (Å²) in [6, 6.07) is 0. The summed E-state index contributed by atoms with van der Waals surface area (Å²) in [6.07, 6.45) is 6.70. The lowest BCUT2D eigenvalue weighted by molar-refractivity contribution is -0.132. The van der Waals surface area contributed by atoms with Gasteiger partial charge in [0, 0.05) is 49.1 Å². The summed E-state index contributed by atoms with van der Waals surface area (Å²) < 4.78 is 1.67. The van der Waals surface area contributed by atoms with Crippen LogP contribution in [-0.2, 0) is 11.3 Å². The number of likely N-dealkylation sites (tertiary alicyclic amines) is 1. The Morgan fingerprint density at radius 1 is 1.25 bits per heavy atom. The Hall–Kier alpha value is -2.39. The molecule has 2 aliphatic heterocycles. The molecule has 1 amide bonds. The summed E-state index contributed by atoms with van der Waals surface area (Å²) in [4.78, 5) is 26.0. The van der Waals surface area contributed by atoms with Gasteiger partial charge in [-0.1, -0.05) is 25.4 Å². The highest BCUT2D eigenvalue weighted by molar-refractivity contribution is 6.32. The normalized spacial score (nSPS) is 28.2. The fourth-order valence-electron chi connectivity index (χ4n) is 5.12. The zero-order valence-corrected chi connectivity index (χ0v) is 19.5. The molecule has 10 heteroatoms. The van der Waals surface area contributed by atoms with Crippen molar-refractivity contribution in [1.82, 2.24) is 24.6 Å². The number of halogens is 1. The number of aromatic nitrogens is 4. The van der Waals surface area contributed by atoms with Gasteiger partial charge in [0.05, 0.1) is 30.7 Å². The van der Waals surface area contributed by atoms with E-state index in [0.717, 1.165) is 44.7 Å². The van der Waals surface area contributed by atoms with Crippen molar-refractivity contribution < 1.29 is 9.90 Å². The van der Waals surface area contributed by atoms with Crippen molar-refractivity contribution >= 4 is 35.0 Å². The van der Waals surface area contributed by atoms with Crippen LogP contribution in [0.25, 0.3) is 0 Å². The van der Waals surface area contributed by atoms with Gasteiger partial charge in [0.25, 0.3) is 0 Å². The Kier molecular flexibility index (Phi) is 5.09. The van der Waals surface area contributed by atoms with Crippen LogP contribution in [0.2, 0.25) is 5.02 Å². The van der Waals surface area contributed by atoms with Gasteiger partial charge < -0.3 is 20.2 Å². The van der Waals surface area contributed by atoms with Crippen LogP contribution in [0.5, 0.6) is 0 Å². The first kappa shape index (κ1) is 21.5. The van der Waals surface area contributed by atoms with Crippen LogP contribution in [0, 0.1) is 16.7 Å². The van der Waals surface area contributed by atoms with Gasteiger partial charge in [-0.15, -0.1) is 0 Å². The summed E-state index contributed by atoms with van der Waals surface area (Å²) in [7, 11) is 0. The number of carbonyl (C=O) groups is 1. The Morgan fingerprint density at radius 2 is 1.94 bits per heavy atom. The molecule has 0 radical (unpaired) electrons. The highest BCUT2D eigenvalue weighted by Crippen LogP contribution is 2.53. The molecule has 0 unspecified atom stereocenters. The van der Waals surface area contributed by atoms with Gasteiger partial charge in [-0.05, 0) is 19.8 Å². The third kappa shape index (κ3) is 3.81. The van der Waals surface area contributed by atoms with E-state index in [4.69, 9.17) is 16.6 Å². The first-order valence-electron chi connectivity index (χ1n) is 11.2. The molecule has 3 fully saturated rings. The van der Waals surface area contributed by atoms with E-state index in [0.29, 0.717) is 29.2 Å². The van der Waals surface area contributed by atoms with Crippen LogP contribution < -0.4 is 10.2 Å². The third-order valence-corrected chi connectivity index (χ3v) is 7.49. The maximum atomic E-state index is 12.6.